The molecular formula is C27H26O5Si. The molecule has 4 rings (SSSR count). The van der Waals surface area contributed by atoms with Crippen molar-refractivity contribution in [2.75, 3.05) is 0 Å². The summed E-state index contributed by atoms with van der Waals surface area (Å²) in [6, 6.07) is 38.7. The van der Waals surface area contributed by atoms with E-state index in [9.17, 15) is 0 Å². The molecule has 0 aliphatic rings. The van der Waals surface area contributed by atoms with Crippen molar-refractivity contribution in [1.29, 1.82) is 0 Å². The van der Waals surface area contributed by atoms with Crippen molar-refractivity contribution in [3.05, 3.63) is 138 Å². The molecule has 33 heavy (non-hydrogen) atoms. The molecule has 0 aliphatic heterocycles. The average molecular weight is 459 g/mol. The monoisotopic (exact) mass is 458 g/mol. The van der Waals surface area contributed by atoms with Crippen LogP contribution in [0.1, 0.15) is 16.7 Å². The molecule has 0 unspecified atom stereocenters. The summed E-state index contributed by atoms with van der Waals surface area (Å²) in [5, 5.41) is 0. The molecule has 0 fully saturated rings. The van der Waals surface area contributed by atoms with Gasteiger partial charge in [0.2, 0.25) is 0 Å². The van der Waals surface area contributed by atoms with E-state index in [1.165, 1.54) is 0 Å². The summed E-state index contributed by atoms with van der Waals surface area (Å²) in [7, 11) is -3.75. The molecule has 0 saturated heterocycles. The van der Waals surface area contributed by atoms with Gasteiger partial charge in [-0.2, -0.15) is 0 Å². The summed E-state index contributed by atoms with van der Waals surface area (Å²) in [5.74, 6) is 0.532. The predicted octanol–water partition coefficient (Wildman–Crippen LogP) is 6.08. The Hall–Kier alpha value is -3.26. The topological polar surface area (TPSA) is 46.2 Å². The molecule has 0 amide bonds. The van der Waals surface area contributed by atoms with Crippen molar-refractivity contribution in [1.82, 2.24) is 0 Å². The molecule has 0 heterocycles. The van der Waals surface area contributed by atoms with E-state index in [0.29, 0.717) is 5.75 Å². The highest BCUT2D eigenvalue weighted by Crippen LogP contribution is 2.22. The normalized spacial score (nSPS) is 11.3. The first-order valence-electron chi connectivity index (χ1n) is 10.8. The predicted molar refractivity (Wildman–Crippen MR) is 128 cm³/mol. The summed E-state index contributed by atoms with van der Waals surface area (Å²) in [5.41, 5.74) is 2.93. The maximum absolute atomic E-state index is 6.23. The fourth-order valence-corrected chi connectivity index (χ4v) is 4.63. The van der Waals surface area contributed by atoms with E-state index in [-0.39, 0.29) is 19.8 Å². The Morgan fingerprint density at radius 2 is 0.758 bits per heavy atom. The Bertz CT molecular complexity index is 883. The van der Waals surface area contributed by atoms with Gasteiger partial charge < -0.3 is 18.2 Å². The minimum atomic E-state index is -3.75. The van der Waals surface area contributed by atoms with Crippen LogP contribution in [-0.4, -0.2) is 9.05 Å². The van der Waals surface area contributed by atoms with Crippen LogP contribution in [0.15, 0.2) is 121 Å². The molecule has 4 aromatic carbocycles. The fourth-order valence-electron chi connectivity index (χ4n) is 3.01. The number of para-hydroxylation sites is 1. The van der Waals surface area contributed by atoms with Gasteiger partial charge in [0.1, 0.15) is 0 Å². The highest BCUT2D eigenvalue weighted by molar-refractivity contribution is 6.53. The van der Waals surface area contributed by atoms with Gasteiger partial charge in [-0.05, 0) is 28.8 Å². The number of rotatable bonds is 12. The molecule has 0 aliphatic carbocycles. The third-order valence-electron chi connectivity index (χ3n) is 4.76. The zero-order valence-electron chi connectivity index (χ0n) is 18.2. The van der Waals surface area contributed by atoms with Crippen molar-refractivity contribution in [2.45, 2.75) is 19.8 Å². The molecule has 0 radical (unpaired) electrons. The van der Waals surface area contributed by atoms with Crippen molar-refractivity contribution in [3.8, 4) is 5.75 Å². The molecule has 168 valence electrons. The Balaban J connectivity index is 1.56. The van der Waals surface area contributed by atoms with Gasteiger partial charge in [-0.15, -0.1) is 4.58 Å². The number of hydrogen-bond acceptors (Lipinski definition) is 5. The molecule has 0 bridgehead atoms. The molecule has 0 spiro atoms. The van der Waals surface area contributed by atoms with Gasteiger partial charge in [0.05, 0.1) is 19.8 Å². The Morgan fingerprint density at radius 1 is 0.424 bits per heavy atom. The number of benzene rings is 4. The third kappa shape index (κ3) is 7.39. The molecule has 0 saturated carbocycles. The molecule has 4 aromatic rings. The van der Waals surface area contributed by atoms with Gasteiger partial charge in [0, 0.05) is 0 Å². The second-order valence-corrected chi connectivity index (χ2v) is 9.34. The lowest BCUT2D eigenvalue weighted by Crippen LogP contribution is -2.49. The molecular weight excluding hydrogens is 432 g/mol. The van der Waals surface area contributed by atoms with E-state index >= 15 is 0 Å². The minimum absolute atomic E-state index is 0.259. The fraction of sp³-hybridized carbons (Fsp3) is 0.111. The Kier molecular flexibility index (Phi) is 8.40. The lowest BCUT2D eigenvalue weighted by atomic mass is 10.2. The Morgan fingerprint density at radius 3 is 1.12 bits per heavy atom. The highest BCUT2D eigenvalue weighted by Gasteiger charge is 2.49. The van der Waals surface area contributed by atoms with E-state index in [1.54, 1.807) is 12.1 Å². The van der Waals surface area contributed by atoms with Crippen LogP contribution < -0.4 is 4.89 Å². The zero-order valence-corrected chi connectivity index (χ0v) is 19.2. The van der Waals surface area contributed by atoms with Crippen LogP contribution in [0.3, 0.4) is 0 Å². The van der Waals surface area contributed by atoms with E-state index in [2.05, 4.69) is 0 Å². The summed E-state index contributed by atoms with van der Waals surface area (Å²) in [6.45, 7) is 0.776. The van der Waals surface area contributed by atoms with Crippen LogP contribution >= 0.6 is 0 Å². The first kappa shape index (κ1) is 22.9. The van der Waals surface area contributed by atoms with Crippen molar-refractivity contribution >= 4 is 9.05 Å². The van der Waals surface area contributed by atoms with Crippen LogP contribution in [0.2, 0.25) is 0 Å². The van der Waals surface area contributed by atoms with Crippen LogP contribution in [-0.2, 0) is 37.7 Å². The van der Waals surface area contributed by atoms with Crippen LogP contribution in [0.5, 0.6) is 5.75 Å². The Labute approximate surface area is 195 Å². The minimum Gasteiger partial charge on any atom is -0.345 e. The lowest BCUT2D eigenvalue weighted by Gasteiger charge is -2.27. The first-order valence-corrected chi connectivity index (χ1v) is 12.4. The molecule has 5 nitrogen and oxygen atoms in total. The van der Waals surface area contributed by atoms with Gasteiger partial charge in [-0.3, -0.25) is 0 Å². The van der Waals surface area contributed by atoms with Gasteiger partial charge in [0.15, 0.2) is 5.75 Å². The second-order valence-electron chi connectivity index (χ2n) is 7.30. The zero-order chi connectivity index (χ0) is 22.6. The smallest absolute Gasteiger partial charge is 0.345 e. The summed E-state index contributed by atoms with van der Waals surface area (Å²) in [4.78, 5) is 5.62. The van der Waals surface area contributed by atoms with Crippen LogP contribution in [0.4, 0.5) is 0 Å². The first-order chi connectivity index (χ1) is 16.3. The summed E-state index contributed by atoms with van der Waals surface area (Å²) < 4.78 is 24.5. The van der Waals surface area contributed by atoms with E-state index in [4.69, 9.17) is 22.7 Å². The van der Waals surface area contributed by atoms with Crippen LogP contribution in [0, 0.1) is 0 Å². The van der Waals surface area contributed by atoms with Gasteiger partial charge in [0.25, 0.3) is 0 Å². The molecule has 0 N–H and O–H groups in total. The SMILES string of the molecule is c1ccc(CO[Si](OCc2ccccc2)(OCc2ccccc2)OOc2ccccc2)cc1. The van der Waals surface area contributed by atoms with Gasteiger partial charge in [-0.25, -0.2) is 0 Å². The van der Waals surface area contributed by atoms with E-state index in [1.807, 2.05) is 109 Å². The van der Waals surface area contributed by atoms with Crippen molar-refractivity contribution in [3.63, 3.8) is 0 Å². The van der Waals surface area contributed by atoms with Crippen molar-refractivity contribution < 1.29 is 22.7 Å². The van der Waals surface area contributed by atoms with Crippen molar-refractivity contribution in [2.24, 2.45) is 0 Å². The summed E-state index contributed by atoms with van der Waals surface area (Å²) >= 11 is 0. The van der Waals surface area contributed by atoms with Crippen LogP contribution in [0.25, 0.3) is 0 Å². The average Bonchev–Trinajstić information content (AvgIpc) is 2.90. The van der Waals surface area contributed by atoms with Gasteiger partial charge >= 0.3 is 9.05 Å². The maximum atomic E-state index is 6.23. The molecule has 0 atom stereocenters. The maximum Gasteiger partial charge on any atom is 0.718 e. The van der Waals surface area contributed by atoms with E-state index in [0.717, 1.165) is 16.7 Å². The highest BCUT2D eigenvalue weighted by atomic mass is 28.4. The van der Waals surface area contributed by atoms with Gasteiger partial charge in [-0.1, -0.05) is 109 Å². The second kappa shape index (κ2) is 12.1. The molecule has 0 aromatic heterocycles. The number of hydrogen-bond donors (Lipinski definition) is 0. The quantitative estimate of drug-likeness (QED) is 0.146. The lowest BCUT2D eigenvalue weighted by molar-refractivity contribution is -0.206. The molecule has 6 heteroatoms. The van der Waals surface area contributed by atoms with E-state index < -0.39 is 9.05 Å². The summed E-state index contributed by atoms with van der Waals surface area (Å²) in [6.07, 6.45) is 0. The largest absolute Gasteiger partial charge is 0.718 e. The standard InChI is InChI=1S/C27H26O5Si/c1-5-13-24(14-6-1)21-28-33(29-22-25-15-7-2-8-16-25,30-23-26-17-9-3-10-18-26)32-31-27-19-11-4-12-20-27/h1-20H,21-23H2. The third-order valence-corrected chi connectivity index (χ3v) is 6.54.